The van der Waals surface area contributed by atoms with Crippen molar-refractivity contribution in [1.29, 1.82) is 0 Å². The molecule has 0 aliphatic carbocycles. The van der Waals surface area contributed by atoms with E-state index >= 15 is 0 Å². The lowest BCUT2D eigenvalue weighted by molar-refractivity contribution is -0.137. The van der Waals surface area contributed by atoms with Gasteiger partial charge in [-0.05, 0) is 62.6 Å². The Bertz CT molecular complexity index is 1040. The number of alkyl halides is 3. The van der Waals surface area contributed by atoms with Crippen LogP contribution in [0.25, 0.3) is 0 Å². The molecule has 0 saturated heterocycles. The summed E-state index contributed by atoms with van der Waals surface area (Å²) >= 11 is 0. The quantitative estimate of drug-likeness (QED) is 0.723. The highest BCUT2D eigenvalue weighted by Crippen LogP contribution is 2.33. The molecule has 0 saturated carbocycles. The van der Waals surface area contributed by atoms with Crippen LogP contribution in [0, 0.1) is 13.8 Å². The summed E-state index contributed by atoms with van der Waals surface area (Å²) in [7, 11) is -4.03. The number of carbonyl (C=O) groups is 1. The smallest absolute Gasteiger partial charge is 0.348 e. The number of aryl methyl sites for hydroxylation is 2. The fraction of sp³-hybridized carbons (Fsp3) is 0.381. The van der Waals surface area contributed by atoms with Crippen LogP contribution in [-0.2, 0) is 21.0 Å². The van der Waals surface area contributed by atoms with Gasteiger partial charge in [-0.2, -0.15) is 13.2 Å². The minimum atomic E-state index is -4.64. The van der Waals surface area contributed by atoms with Crippen LogP contribution < -0.4 is 9.62 Å². The number of carbonyl (C=O) groups excluding carboxylic acids is 1. The van der Waals surface area contributed by atoms with Gasteiger partial charge in [0, 0.05) is 0 Å². The molecule has 0 spiro atoms. The van der Waals surface area contributed by atoms with Crippen molar-refractivity contribution in [2.45, 2.75) is 46.0 Å². The van der Waals surface area contributed by atoms with E-state index in [1.807, 2.05) is 32.0 Å². The molecule has 164 valence electrons. The molecule has 0 aromatic heterocycles. The monoisotopic (exact) mass is 442 g/mol. The topological polar surface area (TPSA) is 66.5 Å². The Kier molecular flexibility index (Phi) is 6.86. The first-order chi connectivity index (χ1) is 13.7. The molecule has 2 aromatic rings. The molecule has 0 fully saturated rings. The Morgan fingerprint density at radius 3 is 2.20 bits per heavy atom. The number of anilines is 1. The van der Waals surface area contributed by atoms with E-state index in [1.165, 1.54) is 13.0 Å². The van der Waals surface area contributed by atoms with Crippen LogP contribution in [0.15, 0.2) is 42.5 Å². The predicted molar refractivity (Wildman–Crippen MR) is 111 cm³/mol. The summed E-state index contributed by atoms with van der Waals surface area (Å²) < 4.78 is 64.6. The average Bonchev–Trinajstić information content (AvgIpc) is 2.62. The maximum absolute atomic E-state index is 13.1. The summed E-state index contributed by atoms with van der Waals surface area (Å²) in [6.45, 7) is 6.99. The van der Waals surface area contributed by atoms with Crippen LogP contribution in [0.2, 0.25) is 0 Å². The van der Waals surface area contributed by atoms with Crippen LogP contribution in [-0.4, -0.2) is 26.6 Å². The van der Waals surface area contributed by atoms with Gasteiger partial charge in [0.15, 0.2) is 0 Å². The number of hydrogen-bond donors (Lipinski definition) is 1. The van der Waals surface area contributed by atoms with Crippen molar-refractivity contribution >= 4 is 21.6 Å². The normalized spacial score (nSPS) is 14.1. The Balaban J connectivity index is 2.32. The van der Waals surface area contributed by atoms with E-state index in [2.05, 4.69) is 5.32 Å². The number of amides is 1. The molecule has 0 aliphatic rings. The van der Waals surface area contributed by atoms with Gasteiger partial charge in [0.1, 0.15) is 6.04 Å². The van der Waals surface area contributed by atoms with E-state index in [0.29, 0.717) is 4.31 Å². The molecular weight excluding hydrogens is 417 g/mol. The first kappa shape index (κ1) is 23.7. The van der Waals surface area contributed by atoms with E-state index in [-0.39, 0.29) is 5.69 Å². The summed E-state index contributed by atoms with van der Waals surface area (Å²) in [5.41, 5.74) is 1.75. The number of nitrogens with one attached hydrogen (secondary N) is 1. The van der Waals surface area contributed by atoms with Crippen molar-refractivity contribution in [3.63, 3.8) is 0 Å². The maximum atomic E-state index is 13.1. The summed E-state index contributed by atoms with van der Waals surface area (Å²) in [6, 6.07) is 7.94. The molecular formula is C21H25F3N2O3S. The SMILES string of the molecule is Cc1ccc([C@@H](C)NC(=O)[C@H](C)N(c2cccc(C(F)(F)F)c2)S(C)(=O)=O)cc1C. The molecule has 0 unspecified atom stereocenters. The number of benzene rings is 2. The highest BCUT2D eigenvalue weighted by Gasteiger charge is 2.34. The summed E-state index contributed by atoms with van der Waals surface area (Å²) in [5, 5.41) is 2.74. The van der Waals surface area contributed by atoms with Crippen LogP contribution in [0.1, 0.15) is 42.1 Å². The lowest BCUT2D eigenvalue weighted by atomic mass is 10.0. The largest absolute Gasteiger partial charge is 0.416 e. The van der Waals surface area contributed by atoms with E-state index in [9.17, 15) is 26.4 Å². The molecule has 2 aromatic carbocycles. The summed E-state index contributed by atoms with van der Waals surface area (Å²) in [5.74, 6) is -0.622. The number of halogens is 3. The fourth-order valence-electron chi connectivity index (χ4n) is 3.08. The minimum Gasteiger partial charge on any atom is -0.348 e. The molecule has 0 heterocycles. The molecule has 2 atom stereocenters. The van der Waals surface area contributed by atoms with Crippen LogP contribution >= 0.6 is 0 Å². The van der Waals surface area contributed by atoms with E-state index in [1.54, 1.807) is 6.92 Å². The molecule has 9 heteroatoms. The van der Waals surface area contributed by atoms with Crippen molar-refractivity contribution in [3.05, 3.63) is 64.7 Å². The van der Waals surface area contributed by atoms with E-state index < -0.39 is 39.8 Å². The minimum absolute atomic E-state index is 0.228. The highest BCUT2D eigenvalue weighted by atomic mass is 32.2. The third-order valence-corrected chi connectivity index (χ3v) is 6.15. The molecule has 5 nitrogen and oxygen atoms in total. The van der Waals surface area contributed by atoms with Crippen LogP contribution in [0.4, 0.5) is 18.9 Å². The van der Waals surface area contributed by atoms with Crippen LogP contribution in [0.5, 0.6) is 0 Å². The number of sulfonamides is 1. The second-order valence-corrected chi connectivity index (χ2v) is 9.22. The third-order valence-electron chi connectivity index (χ3n) is 4.91. The van der Waals surface area contributed by atoms with Crippen LogP contribution in [0.3, 0.4) is 0 Å². The zero-order chi connectivity index (χ0) is 22.9. The first-order valence-electron chi connectivity index (χ1n) is 9.26. The van der Waals surface area contributed by atoms with Crippen molar-refractivity contribution in [3.8, 4) is 0 Å². The zero-order valence-electron chi connectivity index (χ0n) is 17.4. The number of nitrogens with zero attached hydrogens (tertiary/aromatic N) is 1. The van der Waals surface area contributed by atoms with E-state index in [0.717, 1.165) is 41.1 Å². The highest BCUT2D eigenvalue weighted by molar-refractivity contribution is 7.92. The molecule has 1 N–H and O–H groups in total. The third kappa shape index (κ3) is 5.53. The van der Waals surface area contributed by atoms with Gasteiger partial charge in [-0.25, -0.2) is 8.42 Å². The number of rotatable bonds is 6. The average molecular weight is 443 g/mol. The Labute approximate surface area is 175 Å². The van der Waals surface area contributed by atoms with Crippen molar-refractivity contribution in [2.24, 2.45) is 0 Å². The first-order valence-corrected chi connectivity index (χ1v) is 11.1. The molecule has 0 radical (unpaired) electrons. The van der Waals surface area contributed by atoms with Gasteiger partial charge in [0.05, 0.1) is 23.5 Å². The Morgan fingerprint density at radius 1 is 1.03 bits per heavy atom. The second-order valence-electron chi connectivity index (χ2n) is 7.36. The molecule has 0 bridgehead atoms. The Morgan fingerprint density at radius 2 is 1.67 bits per heavy atom. The molecule has 0 aliphatic heterocycles. The van der Waals surface area contributed by atoms with Gasteiger partial charge in [0.25, 0.3) is 0 Å². The summed E-state index contributed by atoms with van der Waals surface area (Å²) in [4.78, 5) is 12.8. The second kappa shape index (κ2) is 8.67. The standard InChI is InChI=1S/C21H25F3N2O3S/c1-13-9-10-17(11-14(13)2)15(3)25-20(27)16(4)26(30(5,28)29)19-8-6-7-18(12-19)21(22,23)24/h6-12,15-16H,1-5H3,(H,25,27)/t15-,16+/m1/s1. The lowest BCUT2D eigenvalue weighted by Gasteiger charge is -2.29. The van der Waals surface area contributed by atoms with Gasteiger partial charge in [-0.15, -0.1) is 0 Å². The number of hydrogen-bond acceptors (Lipinski definition) is 3. The summed E-state index contributed by atoms with van der Waals surface area (Å²) in [6.07, 6.45) is -3.79. The van der Waals surface area contributed by atoms with Gasteiger partial charge < -0.3 is 5.32 Å². The van der Waals surface area contributed by atoms with Gasteiger partial charge >= 0.3 is 6.18 Å². The molecule has 30 heavy (non-hydrogen) atoms. The lowest BCUT2D eigenvalue weighted by Crippen LogP contribution is -2.48. The van der Waals surface area contributed by atoms with Crippen molar-refractivity contribution in [2.75, 3.05) is 10.6 Å². The zero-order valence-corrected chi connectivity index (χ0v) is 18.2. The van der Waals surface area contributed by atoms with Gasteiger partial charge in [0.2, 0.25) is 15.9 Å². The molecule has 2 rings (SSSR count). The maximum Gasteiger partial charge on any atom is 0.416 e. The molecule has 1 amide bonds. The Hall–Kier alpha value is -2.55. The van der Waals surface area contributed by atoms with E-state index in [4.69, 9.17) is 0 Å². The van der Waals surface area contributed by atoms with Crippen molar-refractivity contribution in [1.82, 2.24) is 5.32 Å². The van der Waals surface area contributed by atoms with Gasteiger partial charge in [-0.3, -0.25) is 9.10 Å². The van der Waals surface area contributed by atoms with Gasteiger partial charge in [-0.1, -0.05) is 24.3 Å². The predicted octanol–water partition coefficient (Wildman–Crippen LogP) is 4.35. The van der Waals surface area contributed by atoms with Crippen molar-refractivity contribution < 1.29 is 26.4 Å². The fourth-order valence-corrected chi connectivity index (χ4v) is 4.25.